The molecule has 0 aromatic heterocycles. The van der Waals surface area contributed by atoms with Gasteiger partial charge in [0, 0.05) is 12.1 Å². The first-order valence-electron chi connectivity index (χ1n) is 8.13. The van der Waals surface area contributed by atoms with Gasteiger partial charge in [-0.2, -0.15) is 5.10 Å². The summed E-state index contributed by atoms with van der Waals surface area (Å²) in [6, 6.07) is 12.6. The van der Waals surface area contributed by atoms with Crippen molar-refractivity contribution in [3.8, 4) is 0 Å². The van der Waals surface area contributed by atoms with Crippen LogP contribution in [0.5, 0.6) is 0 Å². The number of hydrogen-bond donors (Lipinski definition) is 5. The van der Waals surface area contributed by atoms with E-state index in [9.17, 15) is 13.8 Å². The van der Waals surface area contributed by atoms with Crippen molar-refractivity contribution in [3.63, 3.8) is 0 Å². The van der Waals surface area contributed by atoms with E-state index in [4.69, 9.17) is 22.0 Å². The number of primary amides is 1. The topological polar surface area (TPSA) is 177 Å². The summed E-state index contributed by atoms with van der Waals surface area (Å²) in [5, 5.41) is 7.64. The van der Waals surface area contributed by atoms with Gasteiger partial charge in [0.25, 0.3) is 0 Å². The molecular weight excluding hydrogens is 416 g/mol. The van der Waals surface area contributed by atoms with Crippen LogP contribution in [0.15, 0.2) is 58.5 Å². The fourth-order valence-corrected chi connectivity index (χ4v) is 3.27. The van der Waals surface area contributed by atoms with Crippen molar-refractivity contribution in [2.45, 2.75) is 11.4 Å². The lowest BCUT2D eigenvalue weighted by atomic mass is 10.1. The lowest BCUT2D eigenvalue weighted by molar-refractivity contribution is -0.118. The third-order valence-corrected chi connectivity index (χ3v) is 5.31. The van der Waals surface area contributed by atoms with Gasteiger partial charge in [-0.05, 0) is 42.0 Å². The van der Waals surface area contributed by atoms with Gasteiger partial charge in [-0.3, -0.25) is 14.6 Å². The van der Waals surface area contributed by atoms with E-state index in [1.165, 1.54) is 29.3 Å². The van der Waals surface area contributed by atoms with Crippen LogP contribution in [0.25, 0.3) is 0 Å². The number of amidine groups is 1. The number of anilines is 1. The summed E-state index contributed by atoms with van der Waals surface area (Å²) in [5.74, 6) is 10.5. The van der Waals surface area contributed by atoms with E-state index in [1.54, 1.807) is 24.3 Å². The molecule has 1 unspecified atom stereocenters. The highest BCUT2D eigenvalue weighted by atomic mass is 32.2. The molecule has 10 nitrogen and oxygen atoms in total. The number of hydrazone groups is 1. The molecule has 0 aliphatic rings. The molecule has 0 saturated carbocycles. The largest absolute Gasteiger partial charge is 0.366 e. The number of benzene rings is 2. The zero-order chi connectivity index (χ0) is 21.4. The summed E-state index contributed by atoms with van der Waals surface area (Å²) in [7, 11) is 0. The molecule has 0 fully saturated rings. The highest BCUT2D eigenvalue weighted by Crippen LogP contribution is 2.18. The number of thioether (sulfide) groups is 1. The second-order valence-electron chi connectivity index (χ2n) is 5.65. The molecule has 12 heteroatoms. The molecule has 1 atom stereocenters. The SMILES string of the molecule is N/N=C(/SCC(=O)NCc1cccc(C(N)=O)c1)N(N)c1ccc(S(=O)O)cc1. The molecule has 0 aliphatic carbocycles. The van der Waals surface area contributed by atoms with Crippen LogP contribution in [0.4, 0.5) is 5.69 Å². The van der Waals surface area contributed by atoms with Gasteiger partial charge >= 0.3 is 0 Å². The number of nitrogens with one attached hydrogen (secondary N) is 1. The molecule has 0 bridgehead atoms. The highest BCUT2D eigenvalue weighted by molar-refractivity contribution is 8.14. The number of hydrazine groups is 1. The van der Waals surface area contributed by atoms with Crippen LogP contribution in [-0.4, -0.2) is 31.5 Å². The van der Waals surface area contributed by atoms with Gasteiger partial charge in [0.05, 0.1) is 16.3 Å². The van der Waals surface area contributed by atoms with E-state index in [0.717, 1.165) is 17.3 Å². The van der Waals surface area contributed by atoms with Gasteiger partial charge in [0.2, 0.25) is 17.0 Å². The van der Waals surface area contributed by atoms with Crippen molar-refractivity contribution in [1.82, 2.24) is 5.32 Å². The van der Waals surface area contributed by atoms with E-state index in [1.807, 2.05) is 0 Å². The molecular formula is C17H20N6O4S2. The van der Waals surface area contributed by atoms with E-state index in [2.05, 4.69) is 10.4 Å². The first kappa shape index (κ1) is 22.4. The first-order valence-corrected chi connectivity index (χ1v) is 10.2. The summed E-state index contributed by atoms with van der Waals surface area (Å²) in [5.41, 5.74) is 6.80. The maximum atomic E-state index is 12.1. The number of hydrogen-bond acceptors (Lipinski definition) is 7. The Bertz CT molecular complexity index is 936. The number of carbonyl (C=O) groups excluding carboxylic acids is 2. The Morgan fingerprint density at radius 2 is 1.90 bits per heavy atom. The quantitative estimate of drug-likeness (QED) is 0.135. The molecule has 0 spiro atoms. The maximum absolute atomic E-state index is 12.1. The Morgan fingerprint density at radius 3 is 2.48 bits per heavy atom. The number of nitrogens with zero attached hydrogens (tertiary/aromatic N) is 2. The monoisotopic (exact) mass is 436 g/mol. The van der Waals surface area contributed by atoms with Gasteiger partial charge in [0.15, 0.2) is 11.1 Å². The van der Waals surface area contributed by atoms with E-state index in [0.29, 0.717) is 11.3 Å². The second kappa shape index (κ2) is 10.6. The molecule has 8 N–H and O–H groups in total. The summed E-state index contributed by atoms with van der Waals surface area (Å²) < 4.78 is 20.1. The van der Waals surface area contributed by atoms with Crippen molar-refractivity contribution >= 4 is 45.5 Å². The molecule has 0 radical (unpaired) electrons. The molecule has 0 heterocycles. The van der Waals surface area contributed by atoms with Crippen LogP contribution in [0, 0.1) is 0 Å². The minimum atomic E-state index is -2.09. The minimum absolute atomic E-state index is 0.00200. The Kier molecular flexibility index (Phi) is 8.15. The van der Waals surface area contributed by atoms with Gasteiger partial charge < -0.3 is 21.4 Å². The van der Waals surface area contributed by atoms with E-state index >= 15 is 0 Å². The fraction of sp³-hybridized carbons (Fsp3) is 0.118. The number of amides is 2. The van der Waals surface area contributed by atoms with Crippen LogP contribution in [0.3, 0.4) is 0 Å². The number of carbonyl (C=O) groups is 2. The van der Waals surface area contributed by atoms with Crippen molar-refractivity contribution in [2.75, 3.05) is 10.8 Å². The van der Waals surface area contributed by atoms with Crippen molar-refractivity contribution in [3.05, 3.63) is 59.7 Å². The number of nitrogens with two attached hydrogens (primary N) is 3. The highest BCUT2D eigenvalue weighted by Gasteiger charge is 2.14. The zero-order valence-corrected chi connectivity index (χ0v) is 16.8. The van der Waals surface area contributed by atoms with Gasteiger partial charge in [-0.1, -0.05) is 23.9 Å². The van der Waals surface area contributed by atoms with Crippen molar-refractivity contribution in [2.24, 2.45) is 22.5 Å². The fourth-order valence-electron chi connectivity index (χ4n) is 2.22. The van der Waals surface area contributed by atoms with E-state index in [-0.39, 0.29) is 28.3 Å². The zero-order valence-electron chi connectivity index (χ0n) is 15.1. The Balaban J connectivity index is 1.89. The van der Waals surface area contributed by atoms with Crippen molar-refractivity contribution in [1.29, 1.82) is 0 Å². The third kappa shape index (κ3) is 6.57. The van der Waals surface area contributed by atoms with Gasteiger partial charge in [-0.25, -0.2) is 10.1 Å². The van der Waals surface area contributed by atoms with Gasteiger partial charge in [0.1, 0.15) is 0 Å². The lowest BCUT2D eigenvalue weighted by Crippen LogP contribution is -2.37. The molecule has 29 heavy (non-hydrogen) atoms. The third-order valence-electron chi connectivity index (χ3n) is 3.67. The predicted octanol–water partition coefficient (Wildman–Crippen LogP) is 0.326. The molecule has 2 rings (SSSR count). The standard InChI is InChI=1S/C17H20N6O4S2/c18-16(25)12-3-1-2-11(8-12)9-21-15(24)10-28-17(22-19)23(20)13-4-6-14(7-5-13)29(26)27/h1-8H,9-10,19-20H2,(H2,18,25)(H,21,24)(H,26,27)/b22-17+. The Hall–Kier alpha value is -2.93. The molecule has 154 valence electrons. The molecule has 2 amide bonds. The van der Waals surface area contributed by atoms with Crippen molar-refractivity contribution < 1.29 is 18.4 Å². The normalized spacial score (nSPS) is 12.3. The van der Waals surface area contributed by atoms with E-state index < -0.39 is 17.0 Å². The molecule has 2 aromatic rings. The average molecular weight is 437 g/mol. The van der Waals surface area contributed by atoms with Crippen LogP contribution < -0.4 is 27.7 Å². The minimum Gasteiger partial charge on any atom is -0.366 e. The lowest BCUT2D eigenvalue weighted by Gasteiger charge is -2.19. The Labute approximate surface area is 173 Å². The summed E-state index contributed by atoms with van der Waals surface area (Å²) >= 11 is -1.08. The molecule has 2 aromatic carbocycles. The predicted molar refractivity (Wildman–Crippen MR) is 113 cm³/mol. The molecule has 0 saturated heterocycles. The summed E-state index contributed by atoms with van der Waals surface area (Å²) in [6.45, 7) is 0.224. The Morgan fingerprint density at radius 1 is 1.21 bits per heavy atom. The summed E-state index contributed by atoms with van der Waals surface area (Å²) in [4.78, 5) is 23.5. The number of rotatable bonds is 7. The first-order chi connectivity index (χ1) is 13.8. The second-order valence-corrected chi connectivity index (χ2v) is 7.57. The smallest absolute Gasteiger partial charge is 0.248 e. The maximum Gasteiger partial charge on any atom is 0.248 e. The van der Waals surface area contributed by atoms with Crippen LogP contribution in [0.2, 0.25) is 0 Å². The van der Waals surface area contributed by atoms with Gasteiger partial charge in [-0.15, -0.1) is 0 Å². The molecule has 0 aliphatic heterocycles. The van der Waals surface area contributed by atoms with Crippen LogP contribution >= 0.6 is 11.8 Å². The van der Waals surface area contributed by atoms with Crippen LogP contribution in [0.1, 0.15) is 15.9 Å². The van der Waals surface area contributed by atoms with Crippen LogP contribution in [-0.2, 0) is 22.4 Å². The summed E-state index contributed by atoms with van der Waals surface area (Å²) in [6.07, 6.45) is 0. The average Bonchev–Trinajstić information content (AvgIpc) is 2.72.